The smallest absolute Gasteiger partial charge is 0.319 e. The molecule has 0 saturated carbocycles. The minimum atomic E-state index is -0.685. The first-order chi connectivity index (χ1) is 13.1. The molecule has 3 N–H and O–H groups in total. The molecular formula is C20H25N5O2. The second-order valence-corrected chi connectivity index (χ2v) is 6.63. The largest absolute Gasteiger partial charge is 0.357 e. The fourth-order valence-electron chi connectivity index (χ4n) is 2.97. The van der Waals surface area contributed by atoms with Crippen molar-refractivity contribution >= 4 is 29.1 Å². The van der Waals surface area contributed by atoms with Crippen LogP contribution in [0.5, 0.6) is 0 Å². The van der Waals surface area contributed by atoms with Gasteiger partial charge in [-0.2, -0.15) is 0 Å². The lowest BCUT2D eigenvalue weighted by atomic mass is 10.1. The molecule has 142 valence electrons. The summed E-state index contributed by atoms with van der Waals surface area (Å²) in [6.45, 7) is 3.68. The zero-order chi connectivity index (χ0) is 19.1. The molecule has 2 aromatic rings. The van der Waals surface area contributed by atoms with Crippen molar-refractivity contribution in [1.29, 1.82) is 0 Å². The van der Waals surface area contributed by atoms with E-state index in [1.807, 2.05) is 30.3 Å². The van der Waals surface area contributed by atoms with Gasteiger partial charge in [0.2, 0.25) is 5.91 Å². The molecule has 7 heteroatoms. The number of para-hydroxylation sites is 1. The van der Waals surface area contributed by atoms with Crippen LogP contribution in [0.3, 0.4) is 0 Å². The molecule has 1 fully saturated rings. The van der Waals surface area contributed by atoms with E-state index in [4.69, 9.17) is 0 Å². The SMILES string of the molecule is C[C@H](NC(=O)Nc1ccccc1)C(=O)Nc1ccc(N2CCCCC2)nc1. The second kappa shape index (κ2) is 9.02. The molecule has 0 spiro atoms. The molecule has 1 atom stereocenters. The van der Waals surface area contributed by atoms with Gasteiger partial charge >= 0.3 is 6.03 Å². The first kappa shape index (κ1) is 18.7. The minimum absolute atomic E-state index is 0.300. The van der Waals surface area contributed by atoms with Gasteiger partial charge in [-0.25, -0.2) is 9.78 Å². The van der Waals surface area contributed by atoms with E-state index < -0.39 is 12.1 Å². The standard InChI is InChI=1S/C20H25N5O2/c1-15(22-20(27)24-16-8-4-2-5-9-16)19(26)23-17-10-11-18(21-14-17)25-12-6-3-7-13-25/h2,4-5,8-11,14-15H,3,6-7,12-13H2,1H3,(H,23,26)(H2,22,24,27)/t15-/m0/s1. The molecule has 1 aromatic carbocycles. The number of urea groups is 1. The van der Waals surface area contributed by atoms with Gasteiger partial charge in [-0.05, 0) is 50.5 Å². The molecule has 1 aliphatic heterocycles. The number of aromatic nitrogens is 1. The number of carbonyl (C=O) groups is 2. The van der Waals surface area contributed by atoms with Gasteiger partial charge in [0.05, 0.1) is 11.9 Å². The molecule has 0 radical (unpaired) electrons. The molecule has 1 aromatic heterocycles. The summed E-state index contributed by atoms with van der Waals surface area (Å²) >= 11 is 0. The van der Waals surface area contributed by atoms with Crippen LogP contribution in [0.1, 0.15) is 26.2 Å². The predicted octanol–water partition coefficient (Wildman–Crippen LogP) is 3.22. The number of amides is 3. The van der Waals surface area contributed by atoms with Crippen LogP contribution in [0.15, 0.2) is 48.7 Å². The summed E-state index contributed by atoms with van der Waals surface area (Å²) < 4.78 is 0. The van der Waals surface area contributed by atoms with Crippen LogP contribution < -0.4 is 20.9 Å². The van der Waals surface area contributed by atoms with Crippen LogP contribution in [0.25, 0.3) is 0 Å². The quantitative estimate of drug-likeness (QED) is 0.757. The van der Waals surface area contributed by atoms with Crippen LogP contribution >= 0.6 is 0 Å². The number of pyridine rings is 1. The lowest BCUT2D eigenvalue weighted by Gasteiger charge is -2.27. The molecule has 0 aliphatic carbocycles. The van der Waals surface area contributed by atoms with Crippen molar-refractivity contribution in [2.24, 2.45) is 0 Å². The molecule has 1 aliphatic rings. The van der Waals surface area contributed by atoms with E-state index in [2.05, 4.69) is 25.8 Å². The van der Waals surface area contributed by atoms with Crippen LogP contribution in [-0.2, 0) is 4.79 Å². The number of anilines is 3. The fraction of sp³-hybridized carbons (Fsp3) is 0.350. The third-order valence-corrected chi connectivity index (χ3v) is 4.47. The number of benzene rings is 1. The summed E-state index contributed by atoms with van der Waals surface area (Å²) in [7, 11) is 0. The Balaban J connectivity index is 1.49. The molecular weight excluding hydrogens is 342 g/mol. The van der Waals surface area contributed by atoms with E-state index in [0.29, 0.717) is 11.4 Å². The molecule has 3 amide bonds. The van der Waals surface area contributed by atoms with E-state index in [-0.39, 0.29) is 5.91 Å². The van der Waals surface area contributed by atoms with Crippen LogP contribution in [0.4, 0.5) is 22.0 Å². The zero-order valence-corrected chi connectivity index (χ0v) is 15.4. The Labute approximate surface area is 159 Å². The Bertz CT molecular complexity index is 758. The van der Waals surface area contributed by atoms with E-state index in [1.54, 1.807) is 25.3 Å². The van der Waals surface area contributed by atoms with Crippen LogP contribution in [0.2, 0.25) is 0 Å². The lowest BCUT2D eigenvalue weighted by Crippen LogP contribution is -2.43. The highest BCUT2D eigenvalue weighted by Crippen LogP contribution is 2.19. The molecule has 0 bridgehead atoms. The average Bonchev–Trinajstić information content (AvgIpc) is 2.70. The number of carbonyl (C=O) groups excluding carboxylic acids is 2. The Morgan fingerprint density at radius 1 is 0.963 bits per heavy atom. The van der Waals surface area contributed by atoms with Crippen molar-refractivity contribution < 1.29 is 9.59 Å². The number of nitrogens with zero attached hydrogens (tertiary/aromatic N) is 2. The van der Waals surface area contributed by atoms with E-state index in [9.17, 15) is 9.59 Å². The minimum Gasteiger partial charge on any atom is -0.357 e. The number of hydrogen-bond acceptors (Lipinski definition) is 4. The number of rotatable bonds is 5. The van der Waals surface area contributed by atoms with Gasteiger partial charge in [-0.15, -0.1) is 0 Å². The normalized spacial score (nSPS) is 14.9. The first-order valence-electron chi connectivity index (χ1n) is 9.26. The van der Waals surface area contributed by atoms with Crippen molar-refractivity contribution in [2.75, 3.05) is 28.6 Å². The highest BCUT2D eigenvalue weighted by molar-refractivity contribution is 5.98. The zero-order valence-electron chi connectivity index (χ0n) is 15.4. The topological polar surface area (TPSA) is 86.4 Å². The Kier molecular flexibility index (Phi) is 6.25. The summed E-state index contributed by atoms with van der Waals surface area (Å²) in [6.07, 6.45) is 5.30. The maximum Gasteiger partial charge on any atom is 0.319 e. The molecule has 0 unspecified atom stereocenters. The van der Waals surface area contributed by atoms with Gasteiger partial charge in [0.1, 0.15) is 11.9 Å². The third kappa shape index (κ3) is 5.44. The second-order valence-electron chi connectivity index (χ2n) is 6.63. The molecule has 27 heavy (non-hydrogen) atoms. The Hall–Kier alpha value is -3.09. The maximum atomic E-state index is 12.3. The maximum absolute atomic E-state index is 12.3. The highest BCUT2D eigenvalue weighted by atomic mass is 16.2. The monoisotopic (exact) mass is 367 g/mol. The van der Waals surface area contributed by atoms with E-state index in [1.165, 1.54) is 19.3 Å². The van der Waals surface area contributed by atoms with Crippen molar-refractivity contribution in [3.05, 3.63) is 48.7 Å². The fourth-order valence-corrected chi connectivity index (χ4v) is 2.97. The number of piperidine rings is 1. The third-order valence-electron chi connectivity index (χ3n) is 4.47. The summed E-state index contributed by atoms with van der Waals surface area (Å²) in [5.74, 6) is 0.631. The van der Waals surface area contributed by atoms with Crippen LogP contribution in [0, 0.1) is 0 Å². The van der Waals surface area contributed by atoms with Gasteiger partial charge in [0.25, 0.3) is 0 Å². The van der Waals surface area contributed by atoms with Crippen molar-refractivity contribution in [3.8, 4) is 0 Å². The van der Waals surface area contributed by atoms with Crippen molar-refractivity contribution in [1.82, 2.24) is 10.3 Å². The average molecular weight is 367 g/mol. The van der Waals surface area contributed by atoms with Gasteiger partial charge in [0, 0.05) is 18.8 Å². The van der Waals surface area contributed by atoms with Gasteiger partial charge in [0.15, 0.2) is 0 Å². The summed E-state index contributed by atoms with van der Waals surface area (Å²) in [5.41, 5.74) is 1.28. The molecule has 7 nitrogen and oxygen atoms in total. The molecule has 3 rings (SSSR count). The summed E-state index contributed by atoms with van der Waals surface area (Å²) in [5, 5.41) is 8.09. The lowest BCUT2D eigenvalue weighted by molar-refractivity contribution is -0.117. The first-order valence-corrected chi connectivity index (χ1v) is 9.26. The van der Waals surface area contributed by atoms with Gasteiger partial charge in [-0.1, -0.05) is 18.2 Å². The summed E-state index contributed by atoms with van der Waals surface area (Å²) in [6, 6.07) is 11.7. The molecule has 1 saturated heterocycles. The number of nitrogens with one attached hydrogen (secondary N) is 3. The predicted molar refractivity (Wildman–Crippen MR) is 107 cm³/mol. The van der Waals surface area contributed by atoms with E-state index >= 15 is 0 Å². The van der Waals surface area contributed by atoms with Gasteiger partial charge in [-0.3, -0.25) is 4.79 Å². The Morgan fingerprint density at radius 3 is 2.37 bits per heavy atom. The van der Waals surface area contributed by atoms with E-state index in [0.717, 1.165) is 18.9 Å². The summed E-state index contributed by atoms with van der Waals surface area (Å²) in [4.78, 5) is 31.0. The van der Waals surface area contributed by atoms with Crippen molar-refractivity contribution in [2.45, 2.75) is 32.2 Å². The number of hydrogen-bond donors (Lipinski definition) is 3. The van der Waals surface area contributed by atoms with Crippen LogP contribution in [-0.4, -0.2) is 36.1 Å². The van der Waals surface area contributed by atoms with Crippen molar-refractivity contribution in [3.63, 3.8) is 0 Å². The highest BCUT2D eigenvalue weighted by Gasteiger charge is 2.16. The van der Waals surface area contributed by atoms with Gasteiger partial charge < -0.3 is 20.9 Å². The molecule has 2 heterocycles. The Morgan fingerprint density at radius 2 is 1.70 bits per heavy atom.